The molecule has 4 N–H and O–H groups in total. The van der Waals surface area contributed by atoms with E-state index in [1.165, 1.54) is 27.8 Å². The van der Waals surface area contributed by atoms with Crippen molar-refractivity contribution in [2.75, 3.05) is 5.75 Å². The van der Waals surface area contributed by atoms with Crippen LogP contribution in [0.25, 0.3) is 6.08 Å². The van der Waals surface area contributed by atoms with Gasteiger partial charge in [0.05, 0.1) is 0 Å². The van der Waals surface area contributed by atoms with Crippen LogP contribution in [0.4, 0.5) is 0 Å². The number of carbonyl (C=O) groups is 2. The van der Waals surface area contributed by atoms with Crippen molar-refractivity contribution in [2.24, 2.45) is 10.7 Å². The van der Waals surface area contributed by atoms with E-state index in [-0.39, 0.29) is 5.75 Å². The molecule has 0 aliphatic heterocycles. The molecule has 2 aromatic rings. The van der Waals surface area contributed by atoms with Crippen molar-refractivity contribution in [3.05, 3.63) is 76.7 Å². The van der Waals surface area contributed by atoms with E-state index in [1.807, 2.05) is 60.7 Å². The minimum atomic E-state index is -1.11. The maximum atomic E-state index is 11.9. The Bertz CT molecular complexity index is 842. The normalized spacial score (nSPS) is 14.0. The summed E-state index contributed by atoms with van der Waals surface area (Å²) in [7, 11) is 2.36. The van der Waals surface area contributed by atoms with Gasteiger partial charge >= 0.3 is 11.9 Å². The number of hydrogen-bond acceptors (Lipinski definition) is 6. The Kier molecular flexibility index (Phi) is 8.80. The van der Waals surface area contributed by atoms with E-state index in [0.717, 1.165) is 11.1 Å². The molecule has 0 heterocycles. The van der Waals surface area contributed by atoms with Crippen LogP contribution in [0.3, 0.4) is 0 Å². The summed E-state index contributed by atoms with van der Waals surface area (Å²) in [6.07, 6.45) is 3.26. The Labute approximate surface area is 171 Å². The van der Waals surface area contributed by atoms with Crippen LogP contribution in [0, 0.1) is 0 Å². The van der Waals surface area contributed by atoms with Crippen LogP contribution in [-0.4, -0.2) is 46.2 Å². The summed E-state index contributed by atoms with van der Waals surface area (Å²) in [6.45, 7) is 0. The van der Waals surface area contributed by atoms with Crippen LogP contribution in [-0.2, 0) is 9.59 Å². The average molecular weight is 417 g/mol. The number of hydrogen-bond donors (Lipinski definition) is 3. The van der Waals surface area contributed by atoms with Crippen molar-refractivity contribution in [3.8, 4) is 0 Å². The molecular weight excluding hydrogens is 396 g/mol. The van der Waals surface area contributed by atoms with Crippen molar-refractivity contribution in [1.29, 1.82) is 0 Å². The Hall–Kier alpha value is -2.55. The SMILES string of the molecule is N[C@@H](CSSC(=Cc1ccccc1)[C@H](N=Cc1ccccc1)C(=O)O)C(=O)O. The van der Waals surface area contributed by atoms with Gasteiger partial charge in [0, 0.05) is 16.9 Å². The molecule has 0 bridgehead atoms. The molecule has 0 spiro atoms. The monoisotopic (exact) mass is 416 g/mol. The molecule has 2 atom stereocenters. The summed E-state index contributed by atoms with van der Waals surface area (Å²) >= 11 is 0. The van der Waals surface area contributed by atoms with Crippen molar-refractivity contribution in [1.82, 2.24) is 0 Å². The molecule has 28 heavy (non-hydrogen) atoms. The number of rotatable bonds is 10. The predicted octanol–water partition coefficient (Wildman–Crippen LogP) is 3.39. The molecule has 0 saturated carbocycles. The lowest BCUT2D eigenvalue weighted by molar-refractivity contribution is -0.138. The third-order valence-corrected chi connectivity index (χ3v) is 5.99. The van der Waals surface area contributed by atoms with Crippen LogP contribution in [0.15, 0.2) is 70.6 Å². The van der Waals surface area contributed by atoms with Gasteiger partial charge in [-0.05, 0) is 17.2 Å². The Morgan fingerprint density at radius 3 is 2.07 bits per heavy atom. The quantitative estimate of drug-likeness (QED) is 0.402. The topological polar surface area (TPSA) is 113 Å². The third-order valence-electron chi connectivity index (χ3n) is 3.50. The van der Waals surface area contributed by atoms with Gasteiger partial charge in [0.2, 0.25) is 0 Å². The molecule has 0 radical (unpaired) electrons. The minimum Gasteiger partial charge on any atom is -0.480 e. The maximum Gasteiger partial charge on any atom is 0.333 e. The van der Waals surface area contributed by atoms with Crippen LogP contribution >= 0.6 is 21.6 Å². The molecule has 0 aliphatic carbocycles. The van der Waals surface area contributed by atoms with E-state index in [1.54, 1.807) is 6.08 Å². The first-order valence-electron chi connectivity index (χ1n) is 8.33. The molecule has 6 nitrogen and oxygen atoms in total. The van der Waals surface area contributed by atoms with Gasteiger partial charge in [-0.2, -0.15) is 0 Å². The second-order valence-corrected chi connectivity index (χ2v) is 8.11. The van der Waals surface area contributed by atoms with Crippen molar-refractivity contribution in [2.45, 2.75) is 12.1 Å². The molecule has 0 saturated heterocycles. The maximum absolute atomic E-state index is 11.9. The summed E-state index contributed by atoms with van der Waals surface area (Å²) in [5.41, 5.74) is 7.14. The van der Waals surface area contributed by atoms with Gasteiger partial charge in [0.15, 0.2) is 6.04 Å². The van der Waals surface area contributed by atoms with Gasteiger partial charge < -0.3 is 15.9 Å². The first kappa shape index (κ1) is 21.7. The number of nitrogens with two attached hydrogens (primary N) is 1. The molecule has 2 aromatic carbocycles. The van der Waals surface area contributed by atoms with E-state index in [9.17, 15) is 14.7 Å². The van der Waals surface area contributed by atoms with Crippen molar-refractivity contribution >= 4 is 45.8 Å². The van der Waals surface area contributed by atoms with E-state index in [0.29, 0.717) is 4.91 Å². The smallest absolute Gasteiger partial charge is 0.333 e. The number of nitrogens with zero attached hydrogens (tertiary/aromatic N) is 1. The van der Waals surface area contributed by atoms with Gasteiger partial charge in [-0.3, -0.25) is 9.79 Å². The summed E-state index contributed by atoms with van der Waals surface area (Å²) in [4.78, 5) is 27.5. The number of carboxylic acid groups (broad SMARTS) is 2. The first-order chi connectivity index (χ1) is 13.5. The highest BCUT2D eigenvalue weighted by Gasteiger charge is 2.23. The highest BCUT2D eigenvalue weighted by atomic mass is 33.1. The van der Waals surface area contributed by atoms with Crippen LogP contribution in [0.1, 0.15) is 11.1 Å². The molecule has 0 unspecified atom stereocenters. The molecule has 2 rings (SSSR count). The average Bonchev–Trinajstić information content (AvgIpc) is 2.69. The molecule has 0 amide bonds. The zero-order valence-electron chi connectivity index (χ0n) is 14.8. The van der Waals surface area contributed by atoms with Crippen LogP contribution < -0.4 is 5.73 Å². The zero-order valence-corrected chi connectivity index (χ0v) is 16.5. The largest absolute Gasteiger partial charge is 0.480 e. The lowest BCUT2D eigenvalue weighted by atomic mass is 10.1. The standard InChI is InChI=1S/C20H20N2O4S2/c21-16(19(23)24)13-27-28-17(11-14-7-3-1-4-8-14)18(20(25)26)22-12-15-9-5-2-6-10-15/h1-12,16,18H,13,21H2,(H,23,24)(H,25,26)/t16-,18-/m0/s1. The fourth-order valence-corrected chi connectivity index (χ4v) is 4.47. The lowest BCUT2D eigenvalue weighted by Crippen LogP contribution is -2.32. The van der Waals surface area contributed by atoms with Gasteiger partial charge in [-0.15, -0.1) is 0 Å². The van der Waals surface area contributed by atoms with Crippen molar-refractivity contribution in [3.63, 3.8) is 0 Å². The van der Waals surface area contributed by atoms with Crippen LogP contribution in [0.5, 0.6) is 0 Å². The number of benzene rings is 2. The second-order valence-electron chi connectivity index (χ2n) is 5.70. The molecule has 0 fully saturated rings. The lowest BCUT2D eigenvalue weighted by Gasteiger charge is -2.13. The predicted molar refractivity (Wildman–Crippen MR) is 116 cm³/mol. The molecule has 146 valence electrons. The van der Waals surface area contributed by atoms with Gasteiger partial charge in [-0.25, -0.2) is 4.79 Å². The summed E-state index contributed by atoms with van der Waals surface area (Å²) in [5.74, 6) is -2.05. The Morgan fingerprint density at radius 2 is 1.54 bits per heavy atom. The Morgan fingerprint density at radius 1 is 0.964 bits per heavy atom. The highest BCUT2D eigenvalue weighted by molar-refractivity contribution is 8.78. The van der Waals surface area contributed by atoms with E-state index in [2.05, 4.69) is 4.99 Å². The van der Waals surface area contributed by atoms with E-state index in [4.69, 9.17) is 10.8 Å². The number of aliphatic carboxylic acids is 2. The number of aliphatic imine (C=N–C) groups is 1. The van der Waals surface area contributed by atoms with Crippen molar-refractivity contribution < 1.29 is 19.8 Å². The highest BCUT2D eigenvalue weighted by Crippen LogP contribution is 2.35. The van der Waals surface area contributed by atoms with Gasteiger partial charge in [-0.1, -0.05) is 82.3 Å². The van der Waals surface area contributed by atoms with E-state index < -0.39 is 24.0 Å². The molecule has 0 aliphatic rings. The van der Waals surface area contributed by atoms with E-state index >= 15 is 0 Å². The van der Waals surface area contributed by atoms with Gasteiger partial charge in [0.1, 0.15) is 6.04 Å². The fourth-order valence-electron chi connectivity index (χ4n) is 2.07. The fraction of sp³-hybridized carbons (Fsp3) is 0.150. The number of carboxylic acids is 2. The second kappa shape index (κ2) is 11.3. The summed E-state index contributed by atoms with van der Waals surface area (Å²) in [5, 5.41) is 18.6. The summed E-state index contributed by atoms with van der Waals surface area (Å²) in [6, 6.07) is 16.4. The van der Waals surface area contributed by atoms with Crippen LogP contribution in [0.2, 0.25) is 0 Å². The Balaban J connectivity index is 2.25. The molecular formula is C20H20N2O4S2. The minimum absolute atomic E-state index is 0.140. The molecule has 0 aromatic heterocycles. The third kappa shape index (κ3) is 7.22. The first-order valence-corrected chi connectivity index (χ1v) is 10.6. The zero-order chi connectivity index (χ0) is 20.4. The summed E-state index contributed by atoms with van der Waals surface area (Å²) < 4.78 is 0. The molecule has 8 heteroatoms. The van der Waals surface area contributed by atoms with Gasteiger partial charge in [0.25, 0.3) is 0 Å².